The number of aryl methyl sites for hydroxylation is 2. The van der Waals surface area contributed by atoms with Gasteiger partial charge in [0.15, 0.2) is 0 Å². The molecule has 3 aromatic heterocycles. The van der Waals surface area contributed by atoms with Crippen molar-refractivity contribution in [3.63, 3.8) is 0 Å². The van der Waals surface area contributed by atoms with Crippen molar-refractivity contribution in [1.29, 1.82) is 0 Å². The third kappa shape index (κ3) is 3.18. The van der Waals surface area contributed by atoms with Crippen molar-refractivity contribution in [1.82, 2.24) is 9.97 Å². The lowest BCUT2D eigenvalue weighted by Gasteiger charge is -2.20. The lowest BCUT2D eigenvalue weighted by atomic mass is 9.84. The molecule has 0 aliphatic rings. The Morgan fingerprint density at radius 2 is 1.23 bits per heavy atom. The second kappa shape index (κ2) is 8.16. The van der Waals surface area contributed by atoms with Crippen LogP contribution in [0.25, 0.3) is 21.8 Å². The molecule has 0 atom stereocenters. The topological polar surface area (TPSA) is 31.6 Å². The van der Waals surface area contributed by atoms with Crippen molar-refractivity contribution in [2.45, 2.75) is 45.4 Å². The summed E-state index contributed by atoms with van der Waals surface area (Å²) in [7, 11) is 0. The minimum absolute atomic E-state index is 0.236. The normalized spacial score (nSPS) is 11.8. The maximum Gasteiger partial charge on any atom is 0.0481 e. The molecule has 0 saturated carbocycles. The Morgan fingerprint density at radius 1 is 0.700 bits per heavy atom. The molecule has 2 nitrogen and oxygen atoms in total. The van der Waals surface area contributed by atoms with Crippen LogP contribution in [0.1, 0.15) is 60.0 Å². The molecule has 0 spiro atoms. The quantitative estimate of drug-likeness (QED) is 0.273. The molecule has 2 N–H and O–H groups in total. The van der Waals surface area contributed by atoms with E-state index in [2.05, 4.69) is 89.9 Å². The van der Waals surface area contributed by atoms with Crippen LogP contribution in [0.3, 0.4) is 0 Å². The highest BCUT2D eigenvalue weighted by atomic mass is 32.1. The highest BCUT2D eigenvalue weighted by Crippen LogP contribution is 2.44. The molecule has 0 saturated heterocycles. The molecule has 5 rings (SSSR count). The van der Waals surface area contributed by atoms with Crippen molar-refractivity contribution in [2.75, 3.05) is 0 Å². The summed E-state index contributed by atoms with van der Waals surface area (Å²) in [5, 5.41) is 4.92. The summed E-state index contributed by atoms with van der Waals surface area (Å²) in [5.74, 6) is 0.236. The van der Waals surface area contributed by atoms with Gasteiger partial charge in [-0.05, 0) is 47.5 Å². The van der Waals surface area contributed by atoms with E-state index >= 15 is 0 Å². The molecule has 0 aliphatic heterocycles. The predicted molar refractivity (Wildman–Crippen MR) is 130 cm³/mol. The summed E-state index contributed by atoms with van der Waals surface area (Å²) in [5.41, 5.74) is 8.16. The zero-order valence-electron chi connectivity index (χ0n) is 17.7. The van der Waals surface area contributed by atoms with E-state index < -0.39 is 0 Å². The van der Waals surface area contributed by atoms with E-state index in [9.17, 15) is 0 Å². The minimum atomic E-state index is 0.236. The van der Waals surface area contributed by atoms with Gasteiger partial charge < -0.3 is 9.97 Å². The SMILES string of the molecule is CCCc1[nH]c2ccccc2c1C(c1cccs1)c1c(CCC)[nH]c2ccccc12. The number of nitrogens with one attached hydrogen (secondary N) is 2. The fraction of sp³-hybridized carbons (Fsp3) is 0.259. The lowest BCUT2D eigenvalue weighted by Crippen LogP contribution is -2.07. The van der Waals surface area contributed by atoms with Gasteiger partial charge in [-0.15, -0.1) is 11.3 Å². The Labute approximate surface area is 182 Å². The Kier molecular flexibility index (Phi) is 5.22. The number of thiophene rings is 1. The lowest BCUT2D eigenvalue weighted by molar-refractivity contribution is 0.841. The van der Waals surface area contributed by atoms with Gasteiger partial charge in [0.25, 0.3) is 0 Å². The van der Waals surface area contributed by atoms with Crippen molar-refractivity contribution >= 4 is 33.1 Å². The van der Waals surface area contributed by atoms with E-state index in [0.717, 1.165) is 25.7 Å². The smallest absolute Gasteiger partial charge is 0.0481 e. The molecule has 2 aromatic carbocycles. The minimum Gasteiger partial charge on any atom is -0.358 e. The summed E-state index contributed by atoms with van der Waals surface area (Å²) >= 11 is 1.87. The molecule has 0 bridgehead atoms. The summed E-state index contributed by atoms with van der Waals surface area (Å²) in [6.07, 6.45) is 4.40. The van der Waals surface area contributed by atoms with E-state index in [1.807, 2.05) is 11.3 Å². The van der Waals surface area contributed by atoms with E-state index in [1.54, 1.807) is 0 Å². The van der Waals surface area contributed by atoms with E-state index in [4.69, 9.17) is 0 Å². The number of aromatic nitrogens is 2. The van der Waals surface area contributed by atoms with E-state index in [0.29, 0.717) is 0 Å². The average Bonchev–Trinajstić information content (AvgIpc) is 3.49. The van der Waals surface area contributed by atoms with Gasteiger partial charge in [0.1, 0.15) is 0 Å². The zero-order chi connectivity index (χ0) is 20.5. The standard InChI is InChI=1S/C27H28N2S/c1-3-10-22-25(18-12-5-7-14-20(18)28-22)27(24-16-9-17-30-24)26-19-13-6-8-15-21(19)29-23(26)11-4-2/h5-9,12-17,27-29H,3-4,10-11H2,1-2H3. The first kappa shape index (κ1) is 19.2. The van der Waals surface area contributed by atoms with Gasteiger partial charge in [-0.25, -0.2) is 0 Å². The van der Waals surface area contributed by atoms with Crippen molar-refractivity contribution < 1.29 is 0 Å². The number of hydrogen-bond acceptors (Lipinski definition) is 1. The van der Waals surface area contributed by atoms with Crippen molar-refractivity contribution in [2.24, 2.45) is 0 Å². The van der Waals surface area contributed by atoms with Crippen LogP contribution in [0.15, 0.2) is 66.0 Å². The molecule has 5 aromatic rings. The second-order valence-electron chi connectivity index (χ2n) is 8.07. The molecule has 3 heteroatoms. The summed E-state index contributed by atoms with van der Waals surface area (Å²) in [6.45, 7) is 4.54. The monoisotopic (exact) mass is 412 g/mol. The molecule has 152 valence electrons. The zero-order valence-corrected chi connectivity index (χ0v) is 18.5. The van der Waals surface area contributed by atoms with Gasteiger partial charge in [-0.2, -0.15) is 0 Å². The average molecular weight is 413 g/mol. The molecule has 0 radical (unpaired) electrons. The van der Waals surface area contributed by atoms with Gasteiger partial charge in [0.2, 0.25) is 0 Å². The Morgan fingerprint density at radius 3 is 1.70 bits per heavy atom. The number of hydrogen-bond donors (Lipinski definition) is 2. The van der Waals surface area contributed by atoms with Crippen LogP contribution < -0.4 is 0 Å². The van der Waals surface area contributed by atoms with Crippen molar-refractivity contribution in [3.05, 3.63) is 93.4 Å². The maximum absolute atomic E-state index is 3.76. The van der Waals surface area contributed by atoms with Gasteiger partial charge in [0, 0.05) is 44.0 Å². The third-order valence-electron chi connectivity index (χ3n) is 6.06. The second-order valence-corrected chi connectivity index (χ2v) is 9.05. The van der Waals surface area contributed by atoms with Gasteiger partial charge >= 0.3 is 0 Å². The molecule has 0 unspecified atom stereocenters. The first-order valence-electron chi connectivity index (χ1n) is 11.0. The van der Waals surface area contributed by atoms with E-state index in [-0.39, 0.29) is 5.92 Å². The molecule has 30 heavy (non-hydrogen) atoms. The maximum atomic E-state index is 3.76. The number of aromatic amines is 2. The number of benzene rings is 2. The van der Waals surface area contributed by atoms with Crippen LogP contribution in [0.5, 0.6) is 0 Å². The predicted octanol–water partition coefficient (Wildman–Crippen LogP) is 7.80. The molecule has 0 aliphatic carbocycles. The van der Waals surface area contributed by atoms with Crippen LogP contribution in [0.4, 0.5) is 0 Å². The van der Waals surface area contributed by atoms with Gasteiger partial charge in [-0.1, -0.05) is 69.2 Å². The first-order chi connectivity index (χ1) is 14.8. The summed E-state index contributed by atoms with van der Waals surface area (Å²) in [4.78, 5) is 8.94. The van der Waals surface area contributed by atoms with Crippen LogP contribution in [-0.4, -0.2) is 9.97 Å². The summed E-state index contributed by atoms with van der Waals surface area (Å²) in [6, 6.07) is 22.1. The first-order valence-corrected chi connectivity index (χ1v) is 11.9. The molecular formula is C27H28N2S. The van der Waals surface area contributed by atoms with Crippen molar-refractivity contribution in [3.8, 4) is 0 Å². The summed E-state index contributed by atoms with van der Waals surface area (Å²) < 4.78 is 0. The van der Waals surface area contributed by atoms with Gasteiger partial charge in [-0.3, -0.25) is 0 Å². The number of fused-ring (bicyclic) bond motifs is 2. The van der Waals surface area contributed by atoms with Gasteiger partial charge in [0.05, 0.1) is 0 Å². The van der Waals surface area contributed by atoms with Crippen LogP contribution in [0.2, 0.25) is 0 Å². The van der Waals surface area contributed by atoms with Crippen LogP contribution in [-0.2, 0) is 12.8 Å². The number of rotatable bonds is 7. The fourth-order valence-corrected chi connectivity index (χ4v) is 5.72. The van der Waals surface area contributed by atoms with Crippen LogP contribution >= 0.6 is 11.3 Å². The highest BCUT2D eigenvalue weighted by Gasteiger charge is 2.29. The Balaban J connectivity index is 1.86. The fourth-order valence-electron chi connectivity index (χ4n) is 4.88. The highest BCUT2D eigenvalue weighted by molar-refractivity contribution is 7.10. The van der Waals surface area contributed by atoms with Crippen LogP contribution in [0, 0.1) is 0 Å². The molecule has 3 heterocycles. The number of H-pyrrole nitrogens is 2. The Hall–Kier alpha value is -2.78. The molecule has 0 fully saturated rings. The largest absolute Gasteiger partial charge is 0.358 e. The third-order valence-corrected chi connectivity index (χ3v) is 7.00. The Bertz CT molecular complexity index is 1190. The van der Waals surface area contributed by atoms with E-state index in [1.165, 1.54) is 49.2 Å². The molecule has 0 amide bonds. The molecular weight excluding hydrogens is 384 g/mol. The number of para-hydroxylation sites is 2.